The van der Waals surface area contributed by atoms with E-state index < -0.39 is 0 Å². The van der Waals surface area contributed by atoms with E-state index >= 15 is 0 Å². The van der Waals surface area contributed by atoms with Gasteiger partial charge >= 0.3 is 0 Å². The van der Waals surface area contributed by atoms with Gasteiger partial charge in [0, 0.05) is 50.0 Å². The standard InChI is InChI=1S/C54H37FN2O/c1-3-46-49-15-10-14-47(54(49)58-53(46)4-2)39-21-30-44(31-22-39)56(42-26-17-37(18-27-42)36-11-6-5-7-12-36)43-28-19-38(20-29-43)40-23-34-52-50(35-40)48-13-8-9-16-51(48)57(52)45-32-24-41(55)25-33-45/h3-35H,1-2H2. The maximum Gasteiger partial charge on any atom is 0.143 e. The molecule has 0 aliphatic rings. The number of furan rings is 1. The van der Waals surface area contributed by atoms with Gasteiger partial charge in [0.05, 0.1) is 11.0 Å². The molecule has 0 fully saturated rings. The van der Waals surface area contributed by atoms with Crippen molar-refractivity contribution in [3.63, 3.8) is 0 Å². The van der Waals surface area contributed by atoms with E-state index in [1.54, 1.807) is 6.08 Å². The first-order chi connectivity index (χ1) is 28.6. The van der Waals surface area contributed by atoms with E-state index in [1.807, 2.05) is 30.3 Å². The van der Waals surface area contributed by atoms with E-state index in [0.717, 1.165) is 94.7 Å². The Morgan fingerprint density at radius 2 is 1.02 bits per heavy atom. The summed E-state index contributed by atoms with van der Waals surface area (Å²) in [5.41, 5.74) is 14.6. The molecule has 0 atom stereocenters. The molecule has 2 aromatic heterocycles. The molecule has 0 saturated heterocycles. The van der Waals surface area contributed by atoms with Gasteiger partial charge in [-0.25, -0.2) is 4.39 Å². The molecule has 0 aliphatic heterocycles. The summed E-state index contributed by atoms with van der Waals surface area (Å²) in [6.45, 7) is 7.96. The van der Waals surface area contributed by atoms with E-state index in [-0.39, 0.29) is 5.82 Å². The quantitative estimate of drug-likeness (QED) is 0.147. The van der Waals surface area contributed by atoms with Gasteiger partial charge in [-0.05, 0) is 113 Å². The van der Waals surface area contributed by atoms with Gasteiger partial charge in [-0.3, -0.25) is 0 Å². The van der Waals surface area contributed by atoms with Crippen LogP contribution in [0.3, 0.4) is 0 Å². The van der Waals surface area contributed by atoms with Crippen LogP contribution in [-0.2, 0) is 0 Å². The highest BCUT2D eigenvalue weighted by Gasteiger charge is 2.18. The second-order valence-corrected chi connectivity index (χ2v) is 14.4. The monoisotopic (exact) mass is 748 g/mol. The van der Waals surface area contributed by atoms with E-state index in [4.69, 9.17) is 4.42 Å². The van der Waals surface area contributed by atoms with Crippen LogP contribution in [0.15, 0.2) is 206 Å². The molecule has 0 bridgehead atoms. The molecule has 10 rings (SSSR count). The zero-order valence-corrected chi connectivity index (χ0v) is 31.6. The van der Waals surface area contributed by atoms with Crippen LogP contribution in [0, 0.1) is 5.82 Å². The Balaban J connectivity index is 1.04. The molecule has 276 valence electrons. The molecule has 4 heteroatoms. The summed E-state index contributed by atoms with van der Waals surface area (Å²) in [5, 5.41) is 3.32. The minimum atomic E-state index is -0.247. The smallest absolute Gasteiger partial charge is 0.143 e. The normalized spacial score (nSPS) is 11.3. The van der Waals surface area contributed by atoms with Crippen LogP contribution in [-0.4, -0.2) is 4.57 Å². The molecule has 0 unspecified atom stereocenters. The average Bonchev–Trinajstić information content (AvgIpc) is 3.83. The zero-order chi connectivity index (χ0) is 39.2. The van der Waals surface area contributed by atoms with Crippen molar-refractivity contribution in [1.82, 2.24) is 4.57 Å². The molecule has 10 aromatic rings. The van der Waals surface area contributed by atoms with Gasteiger partial charge in [0.1, 0.15) is 17.2 Å². The molecule has 0 saturated carbocycles. The number of hydrogen-bond acceptors (Lipinski definition) is 2. The fraction of sp³-hybridized carbons (Fsp3) is 0. The number of fused-ring (bicyclic) bond motifs is 4. The Labute approximate surface area is 336 Å². The lowest BCUT2D eigenvalue weighted by Crippen LogP contribution is -2.09. The van der Waals surface area contributed by atoms with Gasteiger partial charge in [0.25, 0.3) is 0 Å². The Hall–Kier alpha value is -7.69. The van der Waals surface area contributed by atoms with Crippen LogP contribution < -0.4 is 4.90 Å². The second kappa shape index (κ2) is 14.4. The number of rotatable bonds is 9. The second-order valence-electron chi connectivity index (χ2n) is 14.4. The molecule has 0 amide bonds. The van der Waals surface area contributed by atoms with Crippen LogP contribution in [0.4, 0.5) is 21.5 Å². The predicted octanol–water partition coefficient (Wildman–Crippen LogP) is 15.4. The van der Waals surface area contributed by atoms with Crippen molar-refractivity contribution in [1.29, 1.82) is 0 Å². The molecule has 0 N–H and O–H groups in total. The van der Waals surface area contributed by atoms with Crippen molar-refractivity contribution in [3.05, 3.63) is 218 Å². The lowest BCUT2D eigenvalue weighted by molar-refractivity contribution is 0.604. The Morgan fingerprint density at radius 1 is 0.466 bits per heavy atom. The molecular weight excluding hydrogens is 712 g/mol. The summed E-state index contributed by atoms with van der Waals surface area (Å²) in [6, 6.07) is 64.5. The Morgan fingerprint density at radius 3 is 1.67 bits per heavy atom. The molecule has 0 spiro atoms. The van der Waals surface area contributed by atoms with Gasteiger partial charge < -0.3 is 13.9 Å². The average molecular weight is 749 g/mol. The van der Waals surface area contributed by atoms with Gasteiger partial charge in [0.2, 0.25) is 0 Å². The van der Waals surface area contributed by atoms with E-state index in [2.05, 4.69) is 174 Å². The highest BCUT2D eigenvalue weighted by molar-refractivity contribution is 6.10. The third-order valence-electron chi connectivity index (χ3n) is 11.1. The van der Waals surface area contributed by atoms with Crippen molar-refractivity contribution < 1.29 is 8.81 Å². The van der Waals surface area contributed by atoms with Crippen molar-refractivity contribution in [2.24, 2.45) is 0 Å². The van der Waals surface area contributed by atoms with Gasteiger partial charge in [-0.15, -0.1) is 0 Å². The van der Waals surface area contributed by atoms with Gasteiger partial charge in [-0.1, -0.05) is 128 Å². The Bertz CT molecular complexity index is 3120. The molecule has 8 aromatic carbocycles. The summed E-state index contributed by atoms with van der Waals surface area (Å²) in [5.74, 6) is 0.474. The first kappa shape index (κ1) is 34.8. The van der Waals surface area contributed by atoms with Crippen molar-refractivity contribution in [3.8, 4) is 39.1 Å². The summed E-state index contributed by atoms with van der Waals surface area (Å²) in [6.07, 6.45) is 3.57. The van der Waals surface area contributed by atoms with E-state index in [0.29, 0.717) is 0 Å². The largest absolute Gasteiger partial charge is 0.455 e. The number of hydrogen-bond donors (Lipinski definition) is 0. The van der Waals surface area contributed by atoms with Crippen molar-refractivity contribution in [2.75, 3.05) is 4.90 Å². The van der Waals surface area contributed by atoms with Crippen molar-refractivity contribution in [2.45, 2.75) is 0 Å². The zero-order valence-electron chi connectivity index (χ0n) is 31.6. The van der Waals surface area contributed by atoms with E-state index in [1.165, 1.54) is 17.7 Å². The molecule has 58 heavy (non-hydrogen) atoms. The van der Waals surface area contributed by atoms with Crippen LogP contribution >= 0.6 is 0 Å². The highest BCUT2D eigenvalue weighted by Crippen LogP contribution is 2.41. The van der Waals surface area contributed by atoms with Crippen LogP contribution in [0.5, 0.6) is 0 Å². The maximum absolute atomic E-state index is 13.9. The fourth-order valence-corrected chi connectivity index (χ4v) is 8.24. The number of para-hydroxylation sites is 2. The summed E-state index contributed by atoms with van der Waals surface area (Å²) in [7, 11) is 0. The summed E-state index contributed by atoms with van der Waals surface area (Å²) in [4.78, 5) is 2.29. The molecule has 2 heterocycles. The highest BCUT2D eigenvalue weighted by atomic mass is 19.1. The Kier molecular flexibility index (Phi) is 8.65. The molecular formula is C54H37FN2O. The minimum Gasteiger partial charge on any atom is -0.455 e. The number of benzene rings is 8. The first-order valence-electron chi connectivity index (χ1n) is 19.3. The summed E-state index contributed by atoms with van der Waals surface area (Å²) >= 11 is 0. The van der Waals surface area contributed by atoms with Gasteiger partial charge in [0.15, 0.2) is 0 Å². The number of anilines is 3. The topological polar surface area (TPSA) is 21.3 Å². The molecule has 0 radical (unpaired) electrons. The third-order valence-corrected chi connectivity index (χ3v) is 11.1. The van der Waals surface area contributed by atoms with Crippen LogP contribution in [0.1, 0.15) is 11.3 Å². The minimum absolute atomic E-state index is 0.247. The van der Waals surface area contributed by atoms with E-state index in [9.17, 15) is 4.39 Å². The maximum atomic E-state index is 13.9. The number of nitrogens with zero attached hydrogens (tertiary/aromatic N) is 2. The lowest BCUT2D eigenvalue weighted by Gasteiger charge is -2.26. The first-order valence-corrected chi connectivity index (χ1v) is 19.3. The molecule has 0 aliphatic carbocycles. The van der Waals surface area contributed by atoms with Crippen molar-refractivity contribution >= 4 is 62.0 Å². The molecule has 3 nitrogen and oxygen atoms in total. The SMILES string of the molecule is C=Cc1oc2c(-c3ccc(N(c4ccc(-c5ccccc5)cc4)c4ccc(-c5ccc6c(c5)c5ccccc5n6-c5ccc(F)cc5)cc4)cc3)cccc2c1C=C. The summed E-state index contributed by atoms with van der Waals surface area (Å²) < 4.78 is 22.4. The predicted molar refractivity (Wildman–Crippen MR) is 242 cm³/mol. The van der Waals surface area contributed by atoms with Crippen LogP contribution in [0.25, 0.3) is 84.0 Å². The number of halogens is 1. The number of aromatic nitrogens is 1. The lowest BCUT2D eigenvalue weighted by atomic mass is 10.0. The fourth-order valence-electron chi connectivity index (χ4n) is 8.24. The van der Waals surface area contributed by atoms with Gasteiger partial charge in [-0.2, -0.15) is 0 Å². The van der Waals surface area contributed by atoms with Crippen LogP contribution in [0.2, 0.25) is 0 Å². The third kappa shape index (κ3) is 5.99.